The van der Waals surface area contributed by atoms with Gasteiger partial charge in [-0.15, -0.1) is 0 Å². The van der Waals surface area contributed by atoms with Gasteiger partial charge in [0.1, 0.15) is 11.2 Å². The topological polar surface area (TPSA) is 192 Å². The lowest BCUT2D eigenvalue weighted by Gasteiger charge is -2.64. The number of aliphatic hydroxyl groups is 2. The number of amides is 2. The number of nitrogens with zero attached hydrogens (tertiary/aromatic N) is 1. The van der Waals surface area contributed by atoms with Crippen molar-refractivity contribution in [1.82, 2.24) is 20.9 Å². The average molecular weight is 898 g/mol. The first-order valence-electron chi connectivity index (χ1n) is 23.6. The number of methoxy groups -OCH3 is 2. The van der Waals surface area contributed by atoms with Crippen molar-refractivity contribution in [2.75, 3.05) is 38.8 Å². The number of ether oxygens (including phenoxy) is 3. The summed E-state index contributed by atoms with van der Waals surface area (Å²) in [4.78, 5) is 62.9. The van der Waals surface area contributed by atoms with E-state index in [1.807, 2.05) is 71.0 Å². The van der Waals surface area contributed by atoms with Crippen molar-refractivity contribution in [3.05, 3.63) is 70.9 Å². The quantitative estimate of drug-likeness (QED) is 0.0607. The molecule has 354 valence electrons. The highest BCUT2D eigenvalue weighted by atomic mass is 16.6. The van der Waals surface area contributed by atoms with Crippen LogP contribution in [-0.4, -0.2) is 109 Å². The Hall–Kier alpha value is -4.76. The Kier molecular flexibility index (Phi) is 13.4. The zero-order chi connectivity index (χ0) is 47.3. The van der Waals surface area contributed by atoms with Crippen LogP contribution < -0.4 is 25.6 Å². The maximum atomic E-state index is 16.1. The number of benzene rings is 2. The van der Waals surface area contributed by atoms with E-state index in [-0.39, 0.29) is 30.2 Å². The maximum absolute atomic E-state index is 16.1. The summed E-state index contributed by atoms with van der Waals surface area (Å²) in [6.45, 7) is 16.8. The Morgan fingerprint density at radius 1 is 1.06 bits per heavy atom. The number of fused-ring (bicyclic) bond motifs is 6. The van der Waals surface area contributed by atoms with E-state index in [1.165, 1.54) is 18.9 Å². The van der Waals surface area contributed by atoms with Crippen molar-refractivity contribution in [1.29, 1.82) is 0 Å². The second-order valence-corrected chi connectivity index (χ2v) is 19.9. The van der Waals surface area contributed by atoms with Crippen molar-refractivity contribution in [3.8, 4) is 5.75 Å². The summed E-state index contributed by atoms with van der Waals surface area (Å²) in [7, 11) is 2.72. The molecule has 3 aromatic rings. The first-order valence-corrected chi connectivity index (χ1v) is 23.6. The number of para-hydroxylation sites is 1. The second kappa shape index (κ2) is 18.1. The summed E-state index contributed by atoms with van der Waals surface area (Å²) in [5, 5.41) is 36.9. The number of esters is 2. The number of carbonyl (C=O) groups is 4. The number of hydrogen-bond donors (Lipinski definition) is 6. The first kappa shape index (κ1) is 48.2. The smallest absolute Gasteiger partial charge is 0.344 e. The molecular weight excluding hydrogens is 827 g/mol. The summed E-state index contributed by atoms with van der Waals surface area (Å²) in [6.07, 6.45) is 6.16. The van der Waals surface area contributed by atoms with Gasteiger partial charge in [0.05, 0.1) is 31.5 Å². The van der Waals surface area contributed by atoms with Gasteiger partial charge >= 0.3 is 11.9 Å². The summed E-state index contributed by atoms with van der Waals surface area (Å²) in [6, 6.07) is 9.63. The molecule has 7 rings (SSSR count). The molecule has 1 aliphatic carbocycles. The molecular formula is C51H71N5O9. The summed E-state index contributed by atoms with van der Waals surface area (Å²) in [5.74, 6) is -1.68. The zero-order valence-electron chi connectivity index (χ0n) is 39.9. The number of H-pyrrole nitrogens is 1. The molecule has 0 bridgehead atoms. The van der Waals surface area contributed by atoms with Gasteiger partial charge in [-0.25, -0.2) is 4.79 Å². The predicted octanol–water partition coefficient (Wildman–Crippen LogP) is 5.48. The molecule has 1 saturated heterocycles. The predicted molar refractivity (Wildman–Crippen MR) is 250 cm³/mol. The SMILES string of the molecule is CCC[C@]12c3cc(C(C[C@H]4CNC[C@](O)(CC)C4)(C(=O)NC(C)C)c4[nH]c5ccccc5c4CC(C)C)c(OC)cc3N(C=O)[C@H]1[C@@](O)(C(=O)OC)[C@H](OC(C)=O)[C@]1(CC)C=CCN[C@@H]12. The van der Waals surface area contributed by atoms with Crippen LogP contribution in [0.15, 0.2) is 48.6 Å². The van der Waals surface area contributed by atoms with Crippen LogP contribution in [0.25, 0.3) is 10.9 Å². The number of nitrogens with one attached hydrogen (secondary N) is 4. The minimum Gasteiger partial charge on any atom is -0.496 e. The van der Waals surface area contributed by atoms with Crippen LogP contribution in [0.1, 0.15) is 116 Å². The molecule has 4 aliphatic rings. The number of rotatable bonds is 16. The van der Waals surface area contributed by atoms with Crippen LogP contribution >= 0.6 is 0 Å². The molecule has 4 heterocycles. The number of β-amino-alcohol motifs (C(OH)–C–C–N with tert-alkyl or cyclic N) is 1. The van der Waals surface area contributed by atoms with E-state index in [2.05, 4.69) is 40.8 Å². The highest BCUT2D eigenvalue weighted by molar-refractivity contribution is 5.98. The van der Waals surface area contributed by atoms with Crippen molar-refractivity contribution >= 4 is 40.8 Å². The summed E-state index contributed by atoms with van der Waals surface area (Å²) in [5.41, 5.74) is -3.36. The number of aromatic nitrogens is 1. The first-order chi connectivity index (χ1) is 30.9. The van der Waals surface area contributed by atoms with E-state index in [1.54, 1.807) is 13.2 Å². The van der Waals surface area contributed by atoms with Crippen molar-refractivity contribution in [2.24, 2.45) is 17.3 Å². The molecule has 2 amide bonds. The van der Waals surface area contributed by atoms with Gasteiger partial charge in [0.25, 0.3) is 0 Å². The molecule has 1 saturated carbocycles. The number of hydrogen-bond acceptors (Lipinski definition) is 11. The second-order valence-electron chi connectivity index (χ2n) is 19.9. The molecule has 1 aromatic heterocycles. The third-order valence-electron chi connectivity index (χ3n) is 15.2. The third-order valence-corrected chi connectivity index (χ3v) is 15.2. The van der Waals surface area contributed by atoms with Gasteiger partial charge in [-0.1, -0.05) is 71.4 Å². The van der Waals surface area contributed by atoms with Gasteiger partial charge in [0.2, 0.25) is 17.9 Å². The fourth-order valence-electron chi connectivity index (χ4n) is 12.8. The maximum Gasteiger partial charge on any atom is 0.344 e. The Balaban J connectivity index is 1.66. The van der Waals surface area contributed by atoms with E-state index in [4.69, 9.17) is 14.2 Å². The van der Waals surface area contributed by atoms with Crippen LogP contribution in [0.3, 0.4) is 0 Å². The summed E-state index contributed by atoms with van der Waals surface area (Å²) >= 11 is 0. The van der Waals surface area contributed by atoms with Gasteiger partial charge in [0, 0.05) is 71.2 Å². The third kappa shape index (κ3) is 7.47. The van der Waals surface area contributed by atoms with Gasteiger partial charge in [-0.2, -0.15) is 0 Å². The van der Waals surface area contributed by atoms with Crippen molar-refractivity contribution in [3.63, 3.8) is 0 Å². The van der Waals surface area contributed by atoms with Gasteiger partial charge in [0.15, 0.2) is 6.10 Å². The minimum atomic E-state index is -2.58. The van der Waals surface area contributed by atoms with Crippen LogP contribution in [0.2, 0.25) is 0 Å². The van der Waals surface area contributed by atoms with Crippen molar-refractivity contribution in [2.45, 2.75) is 147 Å². The van der Waals surface area contributed by atoms with E-state index in [0.29, 0.717) is 92.8 Å². The molecule has 9 atom stereocenters. The van der Waals surface area contributed by atoms with Gasteiger partial charge in [-0.05, 0) is 94.0 Å². The van der Waals surface area contributed by atoms with Crippen LogP contribution in [0.5, 0.6) is 5.75 Å². The number of piperidine rings is 1. The fourth-order valence-corrected chi connectivity index (χ4v) is 12.8. The molecule has 0 radical (unpaired) electrons. The van der Waals surface area contributed by atoms with Crippen LogP contribution in [0, 0.1) is 17.3 Å². The molecule has 0 spiro atoms. The molecule has 6 N–H and O–H groups in total. The van der Waals surface area contributed by atoms with E-state index in [9.17, 15) is 24.6 Å². The van der Waals surface area contributed by atoms with Crippen LogP contribution in [0.4, 0.5) is 5.69 Å². The fraction of sp³-hybridized carbons (Fsp3) is 0.608. The lowest BCUT2D eigenvalue weighted by atomic mass is 9.46. The molecule has 14 heteroatoms. The lowest BCUT2D eigenvalue weighted by Crippen LogP contribution is -2.83. The largest absolute Gasteiger partial charge is 0.496 e. The Morgan fingerprint density at radius 3 is 2.42 bits per heavy atom. The highest BCUT2D eigenvalue weighted by Gasteiger charge is 2.78. The number of aromatic amines is 1. The molecule has 65 heavy (non-hydrogen) atoms. The van der Waals surface area contributed by atoms with Crippen molar-refractivity contribution < 1.29 is 43.6 Å². The Labute approximate surface area is 383 Å². The number of anilines is 1. The minimum absolute atomic E-state index is 0.201. The molecule has 1 unspecified atom stereocenters. The monoisotopic (exact) mass is 898 g/mol. The van der Waals surface area contributed by atoms with Crippen LogP contribution in [-0.2, 0) is 45.9 Å². The van der Waals surface area contributed by atoms with E-state index < -0.39 is 57.6 Å². The van der Waals surface area contributed by atoms with E-state index in [0.717, 1.165) is 16.5 Å². The summed E-state index contributed by atoms with van der Waals surface area (Å²) < 4.78 is 18.0. The standard InChI is InChI=1S/C51H71N5O9/c1-11-19-49-36-23-37(40(63-9)24-39(36)56(29-57)43(49)51(62,46(60)64-10)44(65-32(8)58)48(13-3)20-16-21-53-42(48)49)50(45(59)54-31(6)7,26-33-25-47(61,12-2)28-52-27-33)41-35(22-30(4)5)34-17-14-15-18-38(34)55-41/h14-18,20,23-24,29-31,33,42-44,52-53,55,61-62H,11-13,19,21-22,25-28H2,1-10H3,(H,54,59)/t33-,42-,43+,44+,47-,48+,49+,50?,51-/m0/s1. The highest BCUT2D eigenvalue weighted by Crippen LogP contribution is 2.65. The Bertz CT molecular complexity index is 2330. The van der Waals surface area contributed by atoms with Gasteiger partial charge < -0.3 is 50.3 Å². The van der Waals surface area contributed by atoms with Gasteiger partial charge in [-0.3, -0.25) is 14.4 Å². The zero-order valence-corrected chi connectivity index (χ0v) is 39.9. The average Bonchev–Trinajstić information content (AvgIpc) is 3.78. The van der Waals surface area contributed by atoms with E-state index >= 15 is 4.79 Å². The molecule has 14 nitrogen and oxygen atoms in total. The lowest BCUT2D eigenvalue weighted by molar-refractivity contribution is -0.226. The molecule has 2 fully saturated rings. The Morgan fingerprint density at radius 2 is 1.80 bits per heavy atom. The number of carbonyl (C=O) groups excluding carboxylic acids is 4. The molecule has 3 aliphatic heterocycles. The normalized spacial score (nSPS) is 30.3. The molecule has 2 aromatic carbocycles.